The molecule has 19 heavy (non-hydrogen) atoms. The third-order valence-electron chi connectivity index (χ3n) is 3.49. The minimum atomic E-state index is -0.108. The van der Waals surface area contributed by atoms with Gasteiger partial charge in [0.2, 0.25) is 0 Å². The summed E-state index contributed by atoms with van der Waals surface area (Å²) in [6.45, 7) is 0.720. The van der Waals surface area contributed by atoms with Crippen LogP contribution in [0.3, 0.4) is 0 Å². The maximum atomic E-state index is 12.7. The van der Waals surface area contributed by atoms with Crippen molar-refractivity contribution >= 4 is 40.7 Å². The van der Waals surface area contributed by atoms with E-state index in [-0.39, 0.29) is 11.9 Å². The molecule has 2 nitrogen and oxygen atoms in total. The van der Waals surface area contributed by atoms with Crippen molar-refractivity contribution in [1.82, 2.24) is 4.90 Å². The Hall–Kier alpha value is -0.440. The zero-order valence-electron chi connectivity index (χ0n) is 10.5. The number of halogens is 3. The van der Waals surface area contributed by atoms with Crippen molar-refractivity contribution < 1.29 is 4.79 Å². The van der Waals surface area contributed by atoms with Gasteiger partial charge in [-0.25, -0.2) is 0 Å². The highest BCUT2D eigenvalue weighted by Gasteiger charge is 2.28. The molecule has 0 aliphatic carbocycles. The van der Waals surface area contributed by atoms with Crippen LogP contribution in [0.25, 0.3) is 0 Å². The first-order valence-electron chi connectivity index (χ1n) is 6.46. The van der Waals surface area contributed by atoms with Crippen LogP contribution in [0, 0.1) is 0 Å². The van der Waals surface area contributed by atoms with Gasteiger partial charge >= 0.3 is 0 Å². The molecule has 0 radical (unpaired) electrons. The van der Waals surface area contributed by atoms with Crippen molar-refractivity contribution in [1.29, 1.82) is 0 Å². The van der Waals surface area contributed by atoms with Crippen LogP contribution in [0.15, 0.2) is 18.2 Å². The quantitative estimate of drug-likeness (QED) is 0.728. The Balaban J connectivity index is 2.30. The Morgan fingerprint density at radius 3 is 2.53 bits per heavy atom. The van der Waals surface area contributed by atoms with Crippen molar-refractivity contribution in [2.24, 2.45) is 0 Å². The van der Waals surface area contributed by atoms with Gasteiger partial charge in [0.15, 0.2) is 0 Å². The van der Waals surface area contributed by atoms with Crippen molar-refractivity contribution in [2.75, 3.05) is 12.4 Å². The molecule has 1 atom stereocenters. The van der Waals surface area contributed by atoms with E-state index < -0.39 is 0 Å². The number of alkyl halides is 1. The van der Waals surface area contributed by atoms with Gasteiger partial charge in [0.25, 0.3) is 5.91 Å². The Morgan fingerprint density at radius 2 is 1.89 bits per heavy atom. The number of hydrogen-bond donors (Lipinski definition) is 0. The van der Waals surface area contributed by atoms with Crippen molar-refractivity contribution in [3.05, 3.63) is 33.8 Å². The number of rotatable bonds is 2. The average Bonchev–Trinajstić information content (AvgIpc) is 2.63. The standard InChI is InChI=1S/C14H16Cl3NO/c15-9-10-5-2-1-3-8-18(10)14(19)13-11(16)6-4-7-12(13)17/h4,6-7,10H,1-3,5,8-9H2. The molecule has 1 amide bonds. The summed E-state index contributed by atoms with van der Waals surface area (Å²) >= 11 is 18.2. The fourth-order valence-electron chi connectivity index (χ4n) is 2.45. The number of likely N-dealkylation sites (tertiary alicyclic amines) is 1. The highest BCUT2D eigenvalue weighted by atomic mass is 35.5. The summed E-state index contributed by atoms with van der Waals surface area (Å²) < 4.78 is 0. The van der Waals surface area contributed by atoms with Crippen LogP contribution in [0.2, 0.25) is 10.0 Å². The first kappa shape index (κ1) is 15.0. The third kappa shape index (κ3) is 3.36. The van der Waals surface area contributed by atoms with Crippen LogP contribution < -0.4 is 0 Å². The van der Waals surface area contributed by atoms with E-state index in [4.69, 9.17) is 34.8 Å². The Labute approximate surface area is 128 Å². The highest BCUT2D eigenvalue weighted by molar-refractivity contribution is 6.39. The molecular formula is C14H16Cl3NO. The fraction of sp³-hybridized carbons (Fsp3) is 0.500. The zero-order chi connectivity index (χ0) is 13.8. The Kier molecular flexibility index (Phi) is 5.37. The van der Waals surface area contributed by atoms with Crippen molar-refractivity contribution in [3.63, 3.8) is 0 Å². The second-order valence-electron chi connectivity index (χ2n) is 4.75. The molecule has 1 fully saturated rings. The summed E-state index contributed by atoms with van der Waals surface area (Å²) in [7, 11) is 0. The molecular weight excluding hydrogens is 305 g/mol. The first-order chi connectivity index (χ1) is 9.15. The monoisotopic (exact) mass is 319 g/mol. The number of benzene rings is 1. The number of hydrogen-bond acceptors (Lipinski definition) is 1. The van der Waals surface area contributed by atoms with Gasteiger partial charge < -0.3 is 4.90 Å². The molecule has 1 aromatic carbocycles. The molecule has 0 N–H and O–H groups in total. The van der Waals surface area contributed by atoms with Gasteiger partial charge in [-0.15, -0.1) is 11.6 Å². The molecule has 1 aromatic rings. The summed E-state index contributed by atoms with van der Waals surface area (Å²) in [4.78, 5) is 14.5. The maximum absolute atomic E-state index is 12.7. The lowest BCUT2D eigenvalue weighted by atomic mass is 10.1. The molecule has 1 unspecified atom stereocenters. The van der Waals surface area contributed by atoms with E-state index in [1.54, 1.807) is 18.2 Å². The second-order valence-corrected chi connectivity index (χ2v) is 5.88. The number of nitrogens with zero attached hydrogens (tertiary/aromatic N) is 1. The van der Waals surface area contributed by atoms with Crippen LogP contribution in [0.4, 0.5) is 0 Å². The minimum Gasteiger partial charge on any atom is -0.334 e. The Morgan fingerprint density at radius 1 is 1.21 bits per heavy atom. The smallest absolute Gasteiger partial charge is 0.257 e. The number of carbonyl (C=O) groups excluding carboxylic acids is 1. The van der Waals surface area contributed by atoms with Crippen LogP contribution in [0.1, 0.15) is 36.0 Å². The van der Waals surface area contributed by atoms with Crippen molar-refractivity contribution in [3.8, 4) is 0 Å². The molecule has 0 spiro atoms. The highest BCUT2D eigenvalue weighted by Crippen LogP contribution is 2.28. The zero-order valence-corrected chi connectivity index (χ0v) is 12.8. The molecule has 0 aromatic heterocycles. The van der Waals surface area contributed by atoms with Gasteiger partial charge in [-0.05, 0) is 25.0 Å². The molecule has 1 heterocycles. The van der Waals surface area contributed by atoms with Gasteiger partial charge in [-0.2, -0.15) is 0 Å². The van der Waals surface area contributed by atoms with E-state index >= 15 is 0 Å². The van der Waals surface area contributed by atoms with Crippen LogP contribution in [-0.4, -0.2) is 29.3 Å². The summed E-state index contributed by atoms with van der Waals surface area (Å²) in [5, 5.41) is 0.796. The largest absolute Gasteiger partial charge is 0.334 e. The normalized spacial score (nSPS) is 20.2. The van der Waals surface area contributed by atoms with E-state index in [1.807, 2.05) is 4.90 Å². The van der Waals surface area contributed by atoms with E-state index in [1.165, 1.54) is 0 Å². The van der Waals surface area contributed by atoms with Crippen LogP contribution >= 0.6 is 34.8 Å². The molecule has 1 saturated heterocycles. The van der Waals surface area contributed by atoms with Gasteiger partial charge in [0.1, 0.15) is 0 Å². The van der Waals surface area contributed by atoms with E-state index in [0.29, 0.717) is 21.5 Å². The maximum Gasteiger partial charge on any atom is 0.257 e. The number of amides is 1. The summed E-state index contributed by atoms with van der Waals surface area (Å²) in [5.41, 5.74) is 0.392. The molecule has 1 aliphatic heterocycles. The molecule has 0 saturated carbocycles. The third-order valence-corrected chi connectivity index (χ3v) is 4.48. The first-order valence-corrected chi connectivity index (χ1v) is 7.75. The van der Waals surface area contributed by atoms with Crippen LogP contribution in [0.5, 0.6) is 0 Å². The summed E-state index contributed by atoms with van der Waals surface area (Å²) in [5.74, 6) is 0.344. The van der Waals surface area contributed by atoms with E-state index in [0.717, 1.165) is 32.2 Å². The molecule has 0 bridgehead atoms. The molecule has 104 valence electrons. The second kappa shape index (κ2) is 6.83. The molecule has 2 rings (SSSR count). The lowest BCUT2D eigenvalue weighted by Gasteiger charge is -2.29. The summed E-state index contributed by atoms with van der Waals surface area (Å²) in [6.07, 6.45) is 4.18. The van der Waals surface area contributed by atoms with Gasteiger partial charge in [0, 0.05) is 18.5 Å². The lowest BCUT2D eigenvalue weighted by molar-refractivity contribution is 0.0700. The minimum absolute atomic E-state index is 0.0732. The lowest BCUT2D eigenvalue weighted by Crippen LogP contribution is -2.41. The summed E-state index contributed by atoms with van der Waals surface area (Å²) in [6, 6.07) is 5.19. The SMILES string of the molecule is O=C(c1c(Cl)cccc1Cl)N1CCCCCC1CCl. The van der Waals surface area contributed by atoms with Gasteiger partial charge in [-0.3, -0.25) is 4.79 Å². The molecule has 5 heteroatoms. The molecule has 1 aliphatic rings. The van der Waals surface area contributed by atoms with Gasteiger partial charge in [0.05, 0.1) is 15.6 Å². The number of carbonyl (C=O) groups is 1. The van der Waals surface area contributed by atoms with E-state index in [9.17, 15) is 4.79 Å². The predicted molar refractivity (Wildman–Crippen MR) is 80.5 cm³/mol. The van der Waals surface area contributed by atoms with E-state index in [2.05, 4.69) is 0 Å². The van der Waals surface area contributed by atoms with Crippen molar-refractivity contribution in [2.45, 2.75) is 31.7 Å². The van der Waals surface area contributed by atoms with Gasteiger partial charge in [-0.1, -0.05) is 42.1 Å². The van der Waals surface area contributed by atoms with Crippen LogP contribution in [-0.2, 0) is 0 Å². The average molecular weight is 321 g/mol. The Bertz CT molecular complexity index is 444. The topological polar surface area (TPSA) is 20.3 Å². The predicted octanol–water partition coefficient (Wildman–Crippen LogP) is 4.62. The fourth-order valence-corrected chi connectivity index (χ4v) is 3.33.